The van der Waals surface area contributed by atoms with Crippen LogP contribution in [-0.2, 0) is 25.8 Å². The van der Waals surface area contributed by atoms with Crippen molar-refractivity contribution in [2.45, 2.75) is 26.2 Å². The maximum Gasteiger partial charge on any atom is 0.135 e. The summed E-state index contributed by atoms with van der Waals surface area (Å²) < 4.78 is 6.50. The molecule has 240 valence electrons. The molecular weight excluding hydrogens is 683 g/mol. The Labute approximate surface area is 296 Å². The van der Waals surface area contributed by atoms with Crippen LogP contribution in [-0.4, -0.2) is 4.98 Å². The summed E-state index contributed by atoms with van der Waals surface area (Å²) in [6.45, 7) is 8.71. The van der Waals surface area contributed by atoms with Crippen LogP contribution in [0.25, 0.3) is 22.3 Å². The van der Waals surface area contributed by atoms with Gasteiger partial charge >= 0.3 is 0 Å². The second-order valence-electron chi connectivity index (χ2n) is 12.7. The van der Waals surface area contributed by atoms with Crippen LogP contribution in [0.4, 0.5) is 28.6 Å². The molecule has 48 heavy (non-hydrogen) atoms. The molecule has 3 heterocycles. The van der Waals surface area contributed by atoms with Gasteiger partial charge in [-0.25, -0.2) is 4.98 Å². The average Bonchev–Trinajstić information content (AvgIpc) is 3.56. The van der Waals surface area contributed by atoms with Gasteiger partial charge < -0.3 is 19.4 Å². The van der Waals surface area contributed by atoms with Gasteiger partial charge in [0.1, 0.15) is 5.82 Å². The fraction of sp³-hybridized carbons (Fsp3) is 0.0952. The minimum atomic E-state index is -0.0372. The number of fused-ring (bicyclic) bond motifs is 5. The summed E-state index contributed by atoms with van der Waals surface area (Å²) in [6, 6.07) is 48.8. The Balaban J connectivity index is 0.00000364. The van der Waals surface area contributed by atoms with E-state index in [4.69, 9.17) is 9.72 Å². The number of para-hydroxylation sites is 2. The number of rotatable bonds is 5. The molecule has 5 aromatic carbocycles. The van der Waals surface area contributed by atoms with Crippen molar-refractivity contribution in [3.8, 4) is 33.8 Å². The third-order valence-corrected chi connectivity index (χ3v) is 8.56. The quantitative estimate of drug-likeness (QED) is 0.131. The number of hydrogen-bond acceptors (Lipinski definition) is 5. The molecule has 5 nitrogen and oxygen atoms in total. The molecule has 2 aliphatic heterocycles. The van der Waals surface area contributed by atoms with Gasteiger partial charge in [0.15, 0.2) is 0 Å². The third kappa shape index (κ3) is 5.90. The fourth-order valence-corrected chi connectivity index (χ4v) is 6.15. The molecule has 0 fully saturated rings. The summed E-state index contributed by atoms with van der Waals surface area (Å²) >= 11 is 0. The van der Waals surface area contributed by atoms with E-state index in [-0.39, 0.29) is 25.8 Å². The van der Waals surface area contributed by atoms with E-state index < -0.39 is 0 Å². The van der Waals surface area contributed by atoms with Gasteiger partial charge in [-0.1, -0.05) is 92.7 Å². The van der Waals surface area contributed by atoms with Crippen LogP contribution in [0.3, 0.4) is 0 Å². The van der Waals surface area contributed by atoms with Gasteiger partial charge in [0.25, 0.3) is 0 Å². The Kier molecular flexibility index (Phi) is 8.39. The molecule has 8 rings (SSSR count). The molecule has 1 aromatic heterocycles. The Hall–Kier alpha value is -5.15. The first kappa shape index (κ1) is 31.5. The predicted molar refractivity (Wildman–Crippen MR) is 191 cm³/mol. The topological polar surface area (TPSA) is 31.8 Å². The summed E-state index contributed by atoms with van der Waals surface area (Å²) in [5.41, 5.74) is 9.56. The SMILES string of the molecule is CC(C)(C)c1ccnc(N2c3[c-]c(Oc4[c-]c(N5C=CN(c6ccccc6)[CH-]5)ccc4)ccc3-c3ccccc3-c3ccccc32)c1.[Pd]. The minimum Gasteiger partial charge on any atom is -0.509 e. The van der Waals surface area contributed by atoms with Gasteiger partial charge in [-0.05, 0) is 59.3 Å². The first-order valence-corrected chi connectivity index (χ1v) is 15.8. The molecule has 0 bridgehead atoms. The van der Waals surface area contributed by atoms with Gasteiger partial charge in [-0.3, -0.25) is 0 Å². The number of benzene rings is 5. The zero-order valence-corrected chi connectivity index (χ0v) is 28.4. The normalized spacial score (nSPS) is 13.3. The van der Waals surface area contributed by atoms with E-state index in [2.05, 4.69) is 122 Å². The van der Waals surface area contributed by atoms with Crippen molar-refractivity contribution in [1.82, 2.24) is 4.98 Å². The molecule has 2 aliphatic rings. The number of aromatic nitrogens is 1. The van der Waals surface area contributed by atoms with Gasteiger partial charge in [0, 0.05) is 49.4 Å². The van der Waals surface area contributed by atoms with Crippen molar-refractivity contribution in [3.05, 3.63) is 164 Å². The Bertz CT molecular complexity index is 2120. The van der Waals surface area contributed by atoms with E-state index in [9.17, 15) is 0 Å². The molecule has 0 spiro atoms. The number of ether oxygens (including phenoxy) is 1. The molecule has 6 heteroatoms. The molecule has 0 unspecified atom stereocenters. The molecule has 0 radical (unpaired) electrons. The standard InChI is InChI=1S/C42H33N4O.Pd/c1-42(2,3)30-22-23-43-41(26-30)46-39-19-10-9-18-37(39)35-16-7-8-17-36(35)38-21-20-34(28-40(38)46)47-33-15-11-14-32(27-33)45-25-24-44(29-45)31-12-5-4-6-13-31;/h4-26,29H,1-3H3;/q-3;. The summed E-state index contributed by atoms with van der Waals surface area (Å²) in [5, 5.41) is 0. The number of nitrogens with zero attached hydrogens (tertiary/aromatic N) is 4. The molecule has 0 saturated carbocycles. The van der Waals surface area contributed by atoms with E-state index in [1.165, 1.54) is 11.1 Å². The van der Waals surface area contributed by atoms with Crippen molar-refractivity contribution in [1.29, 1.82) is 0 Å². The van der Waals surface area contributed by atoms with E-state index in [0.29, 0.717) is 11.5 Å². The van der Waals surface area contributed by atoms with E-state index in [1.54, 1.807) is 0 Å². The van der Waals surface area contributed by atoms with Gasteiger partial charge in [0.05, 0.1) is 5.69 Å². The summed E-state index contributed by atoms with van der Waals surface area (Å²) in [7, 11) is 0. The fourth-order valence-electron chi connectivity index (χ4n) is 6.15. The van der Waals surface area contributed by atoms with E-state index in [0.717, 1.165) is 45.3 Å². The molecule has 6 aromatic rings. The van der Waals surface area contributed by atoms with Crippen molar-refractivity contribution in [3.63, 3.8) is 0 Å². The largest absolute Gasteiger partial charge is 0.509 e. The summed E-state index contributed by atoms with van der Waals surface area (Å²) in [6.07, 6.45) is 5.95. The summed E-state index contributed by atoms with van der Waals surface area (Å²) in [5.74, 6) is 2.03. The van der Waals surface area contributed by atoms with Crippen molar-refractivity contribution in [2.24, 2.45) is 0 Å². The zero-order chi connectivity index (χ0) is 32.0. The number of anilines is 5. The van der Waals surface area contributed by atoms with Crippen LogP contribution in [0.5, 0.6) is 11.5 Å². The molecular formula is C42H33N4OPd-3. The van der Waals surface area contributed by atoms with Gasteiger partial charge in [-0.2, -0.15) is 12.1 Å². The molecule has 0 atom stereocenters. The van der Waals surface area contributed by atoms with Crippen LogP contribution in [0, 0.1) is 18.8 Å². The maximum atomic E-state index is 6.50. The smallest absolute Gasteiger partial charge is 0.135 e. The van der Waals surface area contributed by atoms with Crippen LogP contribution in [0.1, 0.15) is 26.3 Å². The first-order chi connectivity index (χ1) is 22.9. The van der Waals surface area contributed by atoms with Crippen LogP contribution in [0.15, 0.2) is 140 Å². The molecule has 0 aliphatic carbocycles. The second kappa shape index (κ2) is 12.8. The minimum absolute atomic E-state index is 0. The van der Waals surface area contributed by atoms with Crippen molar-refractivity contribution < 1.29 is 25.2 Å². The van der Waals surface area contributed by atoms with E-state index in [1.807, 2.05) is 72.6 Å². The average molecular weight is 716 g/mol. The third-order valence-electron chi connectivity index (χ3n) is 8.56. The zero-order valence-electron chi connectivity index (χ0n) is 26.9. The van der Waals surface area contributed by atoms with Gasteiger partial charge in [0.2, 0.25) is 0 Å². The molecule has 0 saturated heterocycles. The Morgan fingerprint density at radius 1 is 0.646 bits per heavy atom. The number of hydrogen-bond donors (Lipinski definition) is 0. The predicted octanol–water partition coefficient (Wildman–Crippen LogP) is 10.8. The van der Waals surface area contributed by atoms with Crippen LogP contribution < -0.4 is 19.4 Å². The number of pyridine rings is 1. The van der Waals surface area contributed by atoms with Crippen LogP contribution in [0.2, 0.25) is 0 Å². The summed E-state index contributed by atoms with van der Waals surface area (Å²) in [4.78, 5) is 11.2. The molecule has 0 N–H and O–H groups in total. The van der Waals surface area contributed by atoms with Crippen molar-refractivity contribution >= 4 is 28.6 Å². The maximum absolute atomic E-state index is 6.50. The Morgan fingerprint density at radius 2 is 1.33 bits per heavy atom. The van der Waals surface area contributed by atoms with Gasteiger partial charge in [-0.15, -0.1) is 48.3 Å². The Morgan fingerprint density at radius 3 is 2.12 bits per heavy atom. The second-order valence-corrected chi connectivity index (χ2v) is 12.7. The molecule has 0 amide bonds. The monoisotopic (exact) mass is 715 g/mol. The first-order valence-electron chi connectivity index (χ1n) is 15.8. The van der Waals surface area contributed by atoms with Crippen molar-refractivity contribution in [2.75, 3.05) is 14.7 Å². The van der Waals surface area contributed by atoms with E-state index >= 15 is 0 Å². The van der Waals surface area contributed by atoms with Crippen LogP contribution >= 0.6 is 0 Å².